The number of aromatic nitrogens is 2. The first-order valence-electron chi connectivity index (χ1n) is 10.5. The van der Waals surface area contributed by atoms with E-state index in [0.717, 1.165) is 62.8 Å². The predicted molar refractivity (Wildman–Crippen MR) is 111 cm³/mol. The summed E-state index contributed by atoms with van der Waals surface area (Å²) in [5.74, 6) is 1.31. The topological polar surface area (TPSA) is 84.4 Å². The fourth-order valence-electron chi connectivity index (χ4n) is 4.08. The number of furan rings is 1. The number of carbonyl (C=O) groups excluding carboxylic acids is 1. The van der Waals surface area contributed by atoms with Gasteiger partial charge in [0.2, 0.25) is 0 Å². The SMILES string of the molecule is CCCc1noc2nc(-c3ccco3)cc(C(=O)N3CCC(CCNC)CC3)c12. The summed E-state index contributed by atoms with van der Waals surface area (Å²) in [5, 5.41) is 8.15. The zero-order valence-electron chi connectivity index (χ0n) is 17.1. The number of hydrogen-bond donors (Lipinski definition) is 1. The largest absolute Gasteiger partial charge is 0.463 e. The molecule has 1 N–H and O–H groups in total. The highest BCUT2D eigenvalue weighted by molar-refractivity contribution is 6.07. The van der Waals surface area contributed by atoms with Crippen LogP contribution in [0.3, 0.4) is 0 Å². The number of fused-ring (bicyclic) bond motifs is 1. The first kappa shape index (κ1) is 19.6. The average Bonchev–Trinajstić information content (AvgIpc) is 3.42. The van der Waals surface area contributed by atoms with Crippen molar-refractivity contribution in [2.24, 2.45) is 5.92 Å². The number of pyridine rings is 1. The first-order chi connectivity index (χ1) is 14.2. The monoisotopic (exact) mass is 396 g/mol. The molecule has 0 spiro atoms. The Bertz CT molecular complexity index is 956. The van der Waals surface area contributed by atoms with E-state index in [9.17, 15) is 4.79 Å². The Balaban J connectivity index is 1.66. The number of nitrogens with one attached hydrogen (secondary N) is 1. The van der Waals surface area contributed by atoms with Crippen LogP contribution >= 0.6 is 0 Å². The lowest BCUT2D eigenvalue weighted by Crippen LogP contribution is -2.39. The maximum atomic E-state index is 13.5. The molecular weight excluding hydrogens is 368 g/mol. The number of rotatable bonds is 7. The molecule has 1 saturated heterocycles. The van der Waals surface area contributed by atoms with Crippen LogP contribution in [-0.2, 0) is 6.42 Å². The molecule has 0 bridgehead atoms. The summed E-state index contributed by atoms with van der Waals surface area (Å²) in [6, 6.07) is 5.47. The maximum Gasteiger partial charge on any atom is 0.259 e. The van der Waals surface area contributed by atoms with Gasteiger partial charge >= 0.3 is 0 Å². The first-order valence-corrected chi connectivity index (χ1v) is 10.5. The minimum Gasteiger partial charge on any atom is -0.463 e. The summed E-state index contributed by atoms with van der Waals surface area (Å²) in [7, 11) is 1.98. The number of likely N-dealkylation sites (tertiary alicyclic amines) is 1. The lowest BCUT2D eigenvalue weighted by atomic mass is 9.93. The minimum absolute atomic E-state index is 0.0258. The van der Waals surface area contributed by atoms with Gasteiger partial charge in [0.1, 0.15) is 5.69 Å². The van der Waals surface area contributed by atoms with Gasteiger partial charge in [0.25, 0.3) is 11.6 Å². The molecule has 3 aromatic rings. The summed E-state index contributed by atoms with van der Waals surface area (Å²) >= 11 is 0. The van der Waals surface area contributed by atoms with Crippen LogP contribution in [0.2, 0.25) is 0 Å². The van der Waals surface area contributed by atoms with Crippen LogP contribution in [0.15, 0.2) is 33.4 Å². The number of hydrogen-bond acceptors (Lipinski definition) is 6. The van der Waals surface area contributed by atoms with Gasteiger partial charge in [-0.3, -0.25) is 4.79 Å². The molecule has 0 atom stereocenters. The van der Waals surface area contributed by atoms with Crippen LogP contribution < -0.4 is 5.32 Å². The Hall–Kier alpha value is -2.67. The number of carbonyl (C=O) groups is 1. The Kier molecular flexibility index (Phi) is 5.94. The molecule has 29 heavy (non-hydrogen) atoms. The number of nitrogens with zero attached hydrogens (tertiary/aromatic N) is 3. The van der Waals surface area contributed by atoms with Gasteiger partial charge in [0.05, 0.1) is 22.9 Å². The van der Waals surface area contributed by atoms with Crippen molar-refractivity contribution in [3.05, 3.63) is 35.7 Å². The third-order valence-electron chi connectivity index (χ3n) is 5.71. The number of amides is 1. The quantitative estimate of drug-likeness (QED) is 0.652. The Morgan fingerprint density at radius 1 is 1.34 bits per heavy atom. The second-order valence-electron chi connectivity index (χ2n) is 7.72. The number of aryl methyl sites for hydroxylation is 1. The van der Waals surface area contributed by atoms with Crippen LogP contribution in [0.1, 0.15) is 48.7 Å². The van der Waals surface area contributed by atoms with Crippen molar-refractivity contribution in [3.8, 4) is 11.5 Å². The van der Waals surface area contributed by atoms with Gasteiger partial charge in [-0.15, -0.1) is 0 Å². The van der Waals surface area contributed by atoms with Crippen LogP contribution in [0, 0.1) is 5.92 Å². The third kappa shape index (κ3) is 4.05. The molecule has 1 aliphatic heterocycles. The van der Waals surface area contributed by atoms with E-state index < -0.39 is 0 Å². The van der Waals surface area contributed by atoms with Crippen molar-refractivity contribution in [1.29, 1.82) is 0 Å². The van der Waals surface area contributed by atoms with E-state index in [-0.39, 0.29) is 5.91 Å². The minimum atomic E-state index is 0.0258. The zero-order valence-corrected chi connectivity index (χ0v) is 17.1. The van der Waals surface area contributed by atoms with E-state index in [1.165, 1.54) is 0 Å². The van der Waals surface area contributed by atoms with Gasteiger partial charge in [0.15, 0.2) is 5.76 Å². The van der Waals surface area contributed by atoms with Crippen molar-refractivity contribution in [2.45, 2.75) is 39.0 Å². The normalized spacial score (nSPS) is 15.3. The fourth-order valence-corrected chi connectivity index (χ4v) is 4.08. The van der Waals surface area contributed by atoms with Gasteiger partial charge in [-0.25, -0.2) is 4.98 Å². The second-order valence-corrected chi connectivity index (χ2v) is 7.72. The van der Waals surface area contributed by atoms with Gasteiger partial charge in [-0.05, 0) is 63.4 Å². The third-order valence-corrected chi connectivity index (χ3v) is 5.71. The van der Waals surface area contributed by atoms with E-state index in [1.807, 2.05) is 30.1 Å². The smallest absolute Gasteiger partial charge is 0.259 e. The highest BCUT2D eigenvalue weighted by atomic mass is 16.5. The summed E-state index contributed by atoms with van der Waals surface area (Å²) in [6.45, 7) is 4.67. The van der Waals surface area contributed by atoms with Gasteiger partial charge in [-0.1, -0.05) is 18.5 Å². The van der Waals surface area contributed by atoms with Crippen LogP contribution in [0.5, 0.6) is 0 Å². The van der Waals surface area contributed by atoms with E-state index in [1.54, 1.807) is 6.26 Å². The molecule has 0 saturated carbocycles. The summed E-state index contributed by atoms with van der Waals surface area (Å²) in [6.07, 6.45) is 6.51. The molecule has 0 radical (unpaired) electrons. The van der Waals surface area contributed by atoms with Crippen molar-refractivity contribution >= 4 is 17.0 Å². The predicted octanol–water partition coefficient (Wildman–Crippen LogP) is 3.90. The number of piperidine rings is 1. The van der Waals surface area contributed by atoms with Crippen molar-refractivity contribution in [3.63, 3.8) is 0 Å². The van der Waals surface area contributed by atoms with Crippen LogP contribution in [0.25, 0.3) is 22.6 Å². The van der Waals surface area contributed by atoms with E-state index in [2.05, 4.69) is 22.4 Å². The van der Waals surface area contributed by atoms with E-state index in [4.69, 9.17) is 8.94 Å². The molecule has 4 rings (SSSR count). The van der Waals surface area contributed by atoms with Gasteiger partial charge in [-0.2, -0.15) is 0 Å². The highest BCUT2D eigenvalue weighted by Gasteiger charge is 2.28. The van der Waals surface area contributed by atoms with Gasteiger partial charge in [0, 0.05) is 13.1 Å². The Morgan fingerprint density at radius 2 is 2.17 bits per heavy atom. The molecule has 7 nitrogen and oxygen atoms in total. The van der Waals surface area contributed by atoms with Crippen LogP contribution in [-0.4, -0.2) is 47.6 Å². The van der Waals surface area contributed by atoms with Gasteiger partial charge < -0.3 is 19.2 Å². The Morgan fingerprint density at radius 3 is 2.86 bits per heavy atom. The molecule has 0 unspecified atom stereocenters. The molecule has 0 aliphatic carbocycles. The maximum absolute atomic E-state index is 13.5. The fraction of sp³-hybridized carbons (Fsp3) is 0.500. The molecule has 154 valence electrons. The molecular formula is C22H28N4O3. The lowest BCUT2D eigenvalue weighted by molar-refractivity contribution is 0.0689. The van der Waals surface area contributed by atoms with Crippen LogP contribution in [0.4, 0.5) is 0 Å². The molecule has 1 amide bonds. The Labute approximate surface area is 170 Å². The summed E-state index contributed by atoms with van der Waals surface area (Å²) < 4.78 is 11.0. The van der Waals surface area contributed by atoms with Crippen molar-refractivity contribution in [2.75, 3.05) is 26.7 Å². The zero-order chi connectivity index (χ0) is 20.2. The standard InChI is InChI=1S/C22H28N4O3/c1-3-5-17-20-16(22(27)26-11-8-15(9-12-26)7-10-23-2)14-18(19-6-4-13-28-19)24-21(20)29-25-17/h4,6,13-15,23H,3,5,7-12H2,1-2H3. The second kappa shape index (κ2) is 8.78. The highest BCUT2D eigenvalue weighted by Crippen LogP contribution is 2.30. The van der Waals surface area contributed by atoms with E-state index >= 15 is 0 Å². The molecule has 3 aromatic heterocycles. The molecule has 0 aromatic carbocycles. The van der Waals surface area contributed by atoms with Crippen molar-refractivity contribution < 1.29 is 13.7 Å². The molecule has 1 fully saturated rings. The van der Waals surface area contributed by atoms with Crippen molar-refractivity contribution in [1.82, 2.24) is 20.4 Å². The average molecular weight is 396 g/mol. The summed E-state index contributed by atoms with van der Waals surface area (Å²) in [4.78, 5) is 20.0. The molecule has 1 aliphatic rings. The summed E-state index contributed by atoms with van der Waals surface area (Å²) in [5.41, 5.74) is 2.40. The molecule has 4 heterocycles. The lowest BCUT2D eigenvalue weighted by Gasteiger charge is -2.32. The molecule has 7 heteroatoms. The van der Waals surface area contributed by atoms with E-state index in [0.29, 0.717) is 28.6 Å².